The fraction of sp³-hybridized carbons (Fsp3) is 0.400. The van der Waals surface area contributed by atoms with Crippen molar-refractivity contribution >= 4 is 50.3 Å². The number of nitrogens with one attached hydrogen (secondary N) is 1. The van der Waals surface area contributed by atoms with E-state index in [2.05, 4.69) is 35.8 Å². The fourth-order valence-corrected chi connectivity index (χ4v) is 4.58. The number of rotatable bonds is 3. The van der Waals surface area contributed by atoms with Gasteiger partial charge in [-0.05, 0) is 48.0 Å². The second kappa shape index (κ2) is 8.14. The van der Waals surface area contributed by atoms with Crippen LogP contribution in [0.3, 0.4) is 0 Å². The van der Waals surface area contributed by atoms with Crippen molar-refractivity contribution in [2.75, 3.05) is 29.4 Å². The Kier molecular flexibility index (Phi) is 5.82. The summed E-state index contributed by atoms with van der Waals surface area (Å²) in [5, 5.41) is 10.2. The van der Waals surface area contributed by atoms with Gasteiger partial charge in [-0.3, -0.25) is 0 Å². The second-order valence-electron chi connectivity index (χ2n) is 7.65. The molecule has 1 saturated heterocycles. The van der Waals surface area contributed by atoms with E-state index in [1.807, 2.05) is 11.8 Å². The van der Waals surface area contributed by atoms with E-state index in [9.17, 15) is 18.3 Å². The van der Waals surface area contributed by atoms with E-state index in [1.54, 1.807) is 19.2 Å². The predicted molar refractivity (Wildman–Crippen MR) is 118 cm³/mol. The van der Waals surface area contributed by atoms with E-state index in [1.165, 1.54) is 0 Å². The summed E-state index contributed by atoms with van der Waals surface area (Å²) in [7, 11) is 0. The highest BCUT2D eigenvalue weighted by molar-refractivity contribution is 9.10. The summed E-state index contributed by atoms with van der Waals surface area (Å²) in [4.78, 5) is 16.0. The first-order chi connectivity index (χ1) is 14.5. The number of aromatic nitrogens is 3. The SMILES string of the molecule is CC(O)c1cnc(N2CCN(c3nc4c(Br)cc(C(F)(F)F)cc4[nH]3)[C@H](C)C2)c(Cl)c1. The number of hydrogen-bond donors (Lipinski definition) is 2. The van der Waals surface area contributed by atoms with Crippen LogP contribution in [0.2, 0.25) is 5.02 Å². The number of imidazole rings is 1. The summed E-state index contributed by atoms with van der Waals surface area (Å²) < 4.78 is 39.7. The zero-order valence-electron chi connectivity index (χ0n) is 16.7. The molecule has 11 heteroatoms. The van der Waals surface area contributed by atoms with Crippen LogP contribution in [0.15, 0.2) is 28.9 Å². The van der Waals surface area contributed by atoms with E-state index in [0.717, 1.165) is 12.1 Å². The van der Waals surface area contributed by atoms with Crippen LogP contribution in [0.4, 0.5) is 24.9 Å². The molecular formula is C20H20BrClF3N5O. The summed E-state index contributed by atoms with van der Waals surface area (Å²) in [5.41, 5.74) is 0.689. The van der Waals surface area contributed by atoms with Crippen molar-refractivity contribution in [3.8, 4) is 0 Å². The molecule has 3 aromatic rings. The van der Waals surface area contributed by atoms with Crippen LogP contribution in [0.1, 0.15) is 31.1 Å². The normalized spacial score (nSPS) is 18.6. The Balaban J connectivity index is 1.57. The number of aliphatic hydroxyl groups is 1. The molecule has 1 unspecified atom stereocenters. The van der Waals surface area contributed by atoms with Gasteiger partial charge in [0.2, 0.25) is 5.95 Å². The number of benzene rings is 1. The van der Waals surface area contributed by atoms with Crippen LogP contribution in [0, 0.1) is 0 Å². The van der Waals surface area contributed by atoms with Crippen molar-refractivity contribution in [3.63, 3.8) is 0 Å². The first-order valence-electron chi connectivity index (χ1n) is 9.66. The minimum absolute atomic E-state index is 0.00415. The Morgan fingerprint density at radius 2 is 2.03 bits per heavy atom. The van der Waals surface area contributed by atoms with Crippen LogP contribution < -0.4 is 9.80 Å². The molecule has 6 nitrogen and oxygen atoms in total. The molecule has 0 aliphatic carbocycles. The fourth-order valence-electron chi connectivity index (χ4n) is 3.73. The van der Waals surface area contributed by atoms with Crippen LogP contribution in [-0.2, 0) is 6.18 Å². The van der Waals surface area contributed by atoms with Gasteiger partial charge in [0, 0.05) is 41.9 Å². The first kappa shape index (κ1) is 22.2. The highest BCUT2D eigenvalue weighted by atomic mass is 79.9. The number of aromatic amines is 1. The first-order valence-corrected chi connectivity index (χ1v) is 10.8. The lowest BCUT2D eigenvalue weighted by atomic mass is 10.1. The smallest absolute Gasteiger partial charge is 0.389 e. The molecule has 4 rings (SSSR count). The lowest BCUT2D eigenvalue weighted by Gasteiger charge is -2.40. The third kappa shape index (κ3) is 4.33. The molecule has 1 aliphatic heterocycles. The van der Waals surface area contributed by atoms with Gasteiger partial charge in [0.25, 0.3) is 0 Å². The Morgan fingerprint density at radius 1 is 1.29 bits per heavy atom. The van der Waals surface area contributed by atoms with Crippen molar-refractivity contribution in [1.82, 2.24) is 15.0 Å². The predicted octanol–water partition coefficient (Wildman–Crippen LogP) is 5.16. The zero-order valence-corrected chi connectivity index (χ0v) is 19.1. The van der Waals surface area contributed by atoms with Crippen molar-refractivity contribution in [1.29, 1.82) is 0 Å². The Hall–Kier alpha value is -2.04. The molecular weight excluding hydrogens is 499 g/mol. The molecule has 0 radical (unpaired) electrons. The van der Waals surface area contributed by atoms with E-state index < -0.39 is 17.8 Å². The molecule has 1 aromatic carbocycles. The molecule has 0 bridgehead atoms. The summed E-state index contributed by atoms with van der Waals surface area (Å²) in [5.74, 6) is 1.16. The Morgan fingerprint density at radius 3 is 2.65 bits per heavy atom. The Bertz CT molecular complexity index is 1120. The number of anilines is 2. The molecule has 166 valence electrons. The Labute approximate surface area is 190 Å². The van der Waals surface area contributed by atoms with Gasteiger partial charge in [0.15, 0.2) is 0 Å². The molecule has 1 fully saturated rings. The monoisotopic (exact) mass is 517 g/mol. The number of hydrogen-bond acceptors (Lipinski definition) is 5. The summed E-state index contributed by atoms with van der Waals surface area (Å²) in [6.45, 7) is 5.45. The van der Waals surface area contributed by atoms with E-state index in [0.29, 0.717) is 57.5 Å². The molecule has 31 heavy (non-hydrogen) atoms. The quantitative estimate of drug-likeness (QED) is 0.501. The minimum atomic E-state index is -4.43. The number of halogens is 5. The third-order valence-corrected chi connectivity index (χ3v) is 6.26. The van der Waals surface area contributed by atoms with Gasteiger partial charge in [-0.25, -0.2) is 9.97 Å². The molecule has 2 N–H and O–H groups in total. The summed E-state index contributed by atoms with van der Waals surface area (Å²) in [6, 6.07) is 3.83. The van der Waals surface area contributed by atoms with E-state index >= 15 is 0 Å². The number of piperazine rings is 1. The average Bonchev–Trinajstić information content (AvgIpc) is 3.11. The number of alkyl halides is 3. The largest absolute Gasteiger partial charge is 0.416 e. The van der Waals surface area contributed by atoms with Crippen LogP contribution in [0.5, 0.6) is 0 Å². The van der Waals surface area contributed by atoms with Gasteiger partial charge < -0.3 is 19.9 Å². The van der Waals surface area contributed by atoms with Crippen LogP contribution >= 0.6 is 27.5 Å². The second-order valence-corrected chi connectivity index (χ2v) is 8.91. The molecule has 0 saturated carbocycles. The van der Waals surface area contributed by atoms with Crippen molar-refractivity contribution < 1.29 is 18.3 Å². The number of nitrogens with zero attached hydrogens (tertiary/aromatic N) is 4. The maximum absolute atomic E-state index is 13.1. The number of fused-ring (bicyclic) bond motifs is 1. The maximum atomic E-state index is 13.1. The number of pyridine rings is 1. The highest BCUT2D eigenvalue weighted by Crippen LogP contribution is 2.36. The highest BCUT2D eigenvalue weighted by Gasteiger charge is 2.33. The maximum Gasteiger partial charge on any atom is 0.416 e. The number of H-pyrrole nitrogens is 1. The lowest BCUT2D eigenvalue weighted by Crippen LogP contribution is -2.52. The van der Waals surface area contributed by atoms with Crippen molar-refractivity contribution in [2.24, 2.45) is 0 Å². The number of aliphatic hydroxyl groups excluding tert-OH is 1. The van der Waals surface area contributed by atoms with Gasteiger partial charge in [-0.1, -0.05) is 11.6 Å². The molecule has 0 amide bonds. The molecule has 0 spiro atoms. The van der Waals surface area contributed by atoms with Crippen molar-refractivity contribution in [3.05, 3.63) is 45.0 Å². The zero-order chi connectivity index (χ0) is 22.5. The third-order valence-electron chi connectivity index (χ3n) is 5.38. The van der Waals surface area contributed by atoms with Gasteiger partial charge in [-0.2, -0.15) is 13.2 Å². The summed E-state index contributed by atoms with van der Waals surface area (Å²) in [6.07, 6.45) is -3.48. The molecule has 1 aliphatic rings. The molecule has 3 heterocycles. The molecule has 2 aromatic heterocycles. The van der Waals surface area contributed by atoms with E-state index in [4.69, 9.17) is 11.6 Å². The summed E-state index contributed by atoms with van der Waals surface area (Å²) >= 11 is 9.59. The van der Waals surface area contributed by atoms with Crippen molar-refractivity contribution in [2.45, 2.75) is 32.2 Å². The van der Waals surface area contributed by atoms with Gasteiger partial charge in [0.05, 0.1) is 22.2 Å². The average molecular weight is 519 g/mol. The van der Waals surface area contributed by atoms with Gasteiger partial charge >= 0.3 is 6.18 Å². The topological polar surface area (TPSA) is 68.3 Å². The van der Waals surface area contributed by atoms with E-state index in [-0.39, 0.29) is 6.04 Å². The van der Waals surface area contributed by atoms with Crippen LogP contribution in [0.25, 0.3) is 11.0 Å². The van der Waals surface area contributed by atoms with Crippen LogP contribution in [-0.4, -0.2) is 45.7 Å². The van der Waals surface area contributed by atoms with Gasteiger partial charge in [-0.15, -0.1) is 0 Å². The van der Waals surface area contributed by atoms with Gasteiger partial charge in [0.1, 0.15) is 11.3 Å². The minimum Gasteiger partial charge on any atom is -0.389 e. The molecule has 2 atom stereocenters. The standard InChI is InChI=1S/C20H20BrClF3N5O/c1-10-9-29(18-15(22)5-12(8-26-18)11(2)31)3-4-30(10)19-27-16-7-13(20(23,24)25)6-14(21)17(16)28-19/h5-8,10-11,31H,3-4,9H2,1-2H3,(H,27,28)/t10-,11?/m1/s1. The lowest BCUT2D eigenvalue weighted by molar-refractivity contribution is -0.137.